The molecule has 0 spiro atoms. The van der Waals surface area contributed by atoms with Crippen LogP contribution in [0.2, 0.25) is 0 Å². The van der Waals surface area contributed by atoms with E-state index in [4.69, 9.17) is 9.94 Å². The molecule has 1 atom stereocenters. The Bertz CT molecular complexity index is 852. The molecule has 0 heterocycles. The normalized spacial score (nSPS) is 11.8. The molecule has 1 unspecified atom stereocenters. The van der Waals surface area contributed by atoms with Crippen LogP contribution >= 0.6 is 0 Å². The third kappa shape index (κ3) is 5.76. The number of hydroxylamine groups is 1. The van der Waals surface area contributed by atoms with E-state index in [0.717, 1.165) is 22.3 Å². The van der Waals surface area contributed by atoms with Gasteiger partial charge in [-0.05, 0) is 22.3 Å². The first kappa shape index (κ1) is 19.8. The standard InChI is InChI=1S/C23H24N2O3/c26-23(25-27)22(17-28-16-19-7-3-1-4-8-19)24-15-18-11-13-21(14-12-18)20-9-5-2-6-10-20/h1-14,22,24,27H,15-17H2,(H,25,26). The molecule has 3 rings (SSSR count). The molecule has 28 heavy (non-hydrogen) atoms. The van der Waals surface area contributed by atoms with Gasteiger partial charge in [-0.15, -0.1) is 0 Å². The molecule has 3 aromatic rings. The molecule has 0 radical (unpaired) electrons. The van der Waals surface area contributed by atoms with E-state index >= 15 is 0 Å². The highest BCUT2D eigenvalue weighted by atomic mass is 16.5. The summed E-state index contributed by atoms with van der Waals surface area (Å²) in [5.74, 6) is -0.519. The number of carbonyl (C=O) groups excluding carboxylic acids is 1. The fourth-order valence-corrected chi connectivity index (χ4v) is 2.86. The van der Waals surface area contributed by atoms with Crippen LogP contribution in [-0.2, 0) is 22.7 Å². The lowest BCUT2D eigenvalue weighted by atomic mass is 10.0. The summed E-state index contributed by atoms with van der Waals surface area (Å²) in [6.45, 7) is 1.05. The van der Waals surface area contributed by atoms with E-state index in [1.807, 2.05) is 60.7 Å². The van der Waals surface area contributed by atoms with Gasteiger partial charge in [-0.25, -0.2) is 5.48 Å². The second kappa shape index (κ2) is 10.4. The average Bonchev–Trinajstić information content (AvgIpc) is 2.77. The zero-order valence-electron chi connectivity index (χ0n) is 15.5. The number of amides is 1. The molecule has 0 aromatic heterocycles. The summed E-state index contributed by atoms with van der Waals surface area (Å²) >= 11 is 0. The minimum absolute atomic E-state index is 0.156. The third-order valence-corrected chi connectivity index (χ3v) is 4.44. The summed E-state index contributed by atoms with van der Waals surface area (Å²) in [6, 6.07) is 27.4. The summed E-state index contributed by atoms with van der Waals surface area (Å²) in [4.78, 5) is 11.9. The Kier molecular flexibility index (Phi) is 7.32. The summed E-state index contributed by atoms with van der Waals surface area (Å²) < 4.78 is 5.64. The molecule has 0 aliphatic heterocycles. The fraction of sp³-hybridized carbons (Fsp3) is 0.174. The Morgan fingerprint density at radius 3 is 2.07 bits per heavy atom. The average molecular weight is 376 g/mol. The minimum atomic E-state index is -0.650. The van der Waals surface area contributed by atoms with Gasteiger partial charge in [0.25, 0.3) is 5.91 Å². The van der Waals surface area contributed by atoms with Crippen molar-refractivity contribution in [2.24, 2.45) is 0 Å². The van der Waals surface area contributed by atoms with Crippen LogP contribution in [0.3, 0.4) is 0 Å². The molecule has 0 bridgehead atoms. The van der Waals surface area contributed by atoms with Gasteiger partial charge in [-0.3, -0.25) is 15.3 Å². The molecule has 5 nitrogen and oxygen atoms in total. The van der Waals surface area contributed by atoms with Crippen LogP contribution in [-0.4, -0.2) is 23.8 Å². The van der Waals surface area contributed by atoms with Crippen molar-refractivity contribution in [3.05, 3.63) is 96.1 Å². The molecule has 3 N–H and O–H groups in total. The van der Waals surface area contributed by atoms with Crippen LogP contribution in [0.25, 0.3) is 11.1 Å². The van der Waals surface area contributed by atoms with Crippen LogP contribution in [0.1, 0.15) is 11.1 Å². The van der Waals surface area contributed by atoms with Crippen LogP contribution in [0.5, 0.6) is 0 Å². The molecule has 1 amide bonds. The van der Waals surface area contributed by atoms with E-state index in [0.29, 0.717) is 13.2 Å². The second-order valence-electron chi connectivity index (χ2n) is 6.47. The van der Waals surface area contributed by atoms with Gasteiger partial charge in [0.1, 0.15) is 6.04 Å². The van der Waals surface area contributed by atoms with Crippen molar-refractivity contribution >= 4 is 5.91 Å². The van der Waals surface area contributed by atoms with Gasteiger partial charge in [-0.2, -0.15) is 0 Å². The molecule has 0 aliphatic carbocycles. The Morgan fingerprint density at radius 2 is 1.43 bits per heavy atom. The zero-order valence-corrected chi connectivity index (χ0v) is 15.5. The molecular formula is C23H24N2O3. The predicted molar refractivity (Wildman–Crippen MR) is 109 cm³/mol. The Hall–Kier alpha value is -2.99. The lowest BCUT2D eigenvalue weighted by Crippen LogP contribution is -2.45. The summed E-state index contributed by atoms with van der Waals surface area (Å²) in [7, 11) is 0. The highest BCUT2D eigenvalue weighted by molar-refractivity contribution is 5.80. The second-order valence-corrected chi connectivity index (χ2v) is 6.47. The predicted octanol–water partition coefficient (Wildman–Crippen LogP) is 3.53. The topological polar surface area (TPSA) is 70.6 Å². The van der Waals surface area contributed by atoms with Crippen molar-refractivity contribution in [1.29, 1.82) is 0 Å². The Morgan fingerprint density at radius 1 is 0.821 bits per heavy atom. The number of hydrogen-bond donors (Lipinski definition) is 3. The first-order valence-corrected chi connectivity index (χ1v) is 9.19. The van der Waals surface area contributed by atoms with Crippen LogP contribution in [0.15, 0.2) is 84.9 Å². The maximum atomic E-state index is 11.9. The molecule has 0 aliphatic rings. The Balaban J connectivity index is 1.53. The SMILES string of the molecule is O=C(NO)C(COCc1ccccc1)NCc1ccc(-c2ccccc2)cc1. The lowest BCUT2D eigenvalue weighted by molar-refractivity contribution is -0.133. The van der Waals surface area contributed by atoms with Crippen molar-refractivity contribution in [3.8, 4) is 11.1 Å². The van der Waals surface area contributed by atoms with Gasteiger partial charge in [0.2, 0.25) is 0 Å². The quantitative estimate of drug-likeness (QED) is 0.395. The number of nitrogens with one attached hydrogen (secondary N) is 2. The number of benzene rings is 3. The van der Waals surface area contributed by atoms with Gasteiger partial charge in [0.05, 0.1) is 13.2 Å². The van der Waals surface area contributed by atoms with Crippen LogP contribution in [0, 0.1) is 0 Å². The van der Waals surface area contributed by atoms with Gasteiger partial charge < -0.3 is 4.74 Å². The van der Waals surface area contributed by atoms with Gasteiger partial charge in [0, 0.05) is 6.54 Å². The molecule has 0 fully saturated rings. The van der Waals surface area contributed by atoms with Gasteiger partial charge in [0.15, 0.2) is 0 Å². The monoisotopic (exact) mass is 376 g/mol. The van der Waals surface area contributed by atoms with E-state index in [-0.39, 0.29) is 6.61 Å². The summed E-state index contributed by atoms with van der Waals surface area (Å²) in [6.07, 6.45) is 0. The largest absolute Gasteiger partial charge is 0.375 e. The van der Waals surface area contributed by atoms with Gasteiger partial charge >= 0.3 is 0 Å². The number of rotatable bonds is 9. The maximum Gasteiger partial charge on any atom is 0.262 e. The summed E-state index contributed by atoms with van der Waals surface area (Å²) in [5.41, 5.74) is 6.07. The fourth-order valence-electron chi connectivity index (χ4n) is 2.86. The molecule has 0 saturated carbocycles. The Labute approximate surface area is 164 Å². The highest BCUT2D eigenvalue weighted by Crippen LogP contribution is 2.19. The molecule has 0 saturated heterocycles. The summed E-state index contributed by atoms with van der Waals surface area (Å²) in [5, 5.41) is 12.1. The van der Waals surface area contributed by atoms with Crippen LogP contribution in [0.4, 0.5) is 0 Å². The molecule has 5 heteroatoms. The zero-order chi connectivity index (χ0) is 19.6. The highest BCUT2D eigenvalue weighted by Gasteiger charge is 2.17. The van der Waals surface area contributed by atoms with E-state index in [9.17, 15) is 4.79 Å². The first-order valence-electron chi connectivity index (χ1n) is 9.19. The number of hydrogen-bond acceptors (Lipinski definition) is 4. The van der Waals surface area contributed by atoms with Crippen molar-refractivity contribution in [2.75, 3.05) is 6.61 Å². The lowest BCUT2D eigenvalue weighted by Gasteiger charge is -2.17. The smallest absolute Gasteiger partial charge is 0.262 e. The van der Waals surface area contributed by atoms with Crippen molar-refractivity contribution < 1.29 is 14.7 Å². The van der Waals surface area contributed by atoms with Crippen molar-refractivity contribution in [1.82, 2.24) is 10.8 Å². The van der Waals surface area contributed by atoms with Crippen LogP contribution < -0.4 is 10.8 Å². The molecular weight excluding hydrogens is 352 g/mol. The van der Waals surface area contributed by atoms with E-state index in [1.165, 1.54) is 0 Å². The van der Waals surface area contributed by atoms with Crippen molar-refractivity contribution in [2.45, 2.75) is 19.2 Å². The van der Waals surface area contributed by atoms with E-state index in [1.54, 1.807) is 5.48 Å². The third-order valence-electron chi connectivity index (χ3n) is 4.44. The van der Waals surface area contributed by atoms with Crippen molar-refractivity contribution in [3.63, 3.8) is 0 Å². The van der Waals surface area contributed by atoms with Gasteiger partial charge in [-0.1, -0.05) is 84.9 Å². The molecule has 3 aromatic carbocycles. The minimum Gasteiger partial charge on any atom is -0.375 e. The molecule has 144 valence electrons. The number of ether oxygens (including phenoxy) is 1. The number of carbonyl (C=O) groups is 1. The maximum absolute atomic E-state index is 11.9. The van der Waals surface area contributed by atoms with E-state index < -0.39 is 11.9 Å². The van der Waals surface area contributed by atoms with E-state index in [2.05, 4.69) is 29.6 Å². The first-order chi connectivity index (χ1) is 13.8.